The number of thiazole rings is 1. The lowest BCUT2D eigenvalue weighted by molar-refractivity contribution is -0.120. The first kappa shape index (κ1) is 15.2. The molecule has 1 aliphatic rings. The number of anilines is 1. The normalized spacial score (nSPS) is 23.0. The highest BCUT2D eigenvalue weighted by molar-refractivity contribution is 9.25. The zero-order chi connectivity index (χ0) is 15.3. The van der Waals surface area contributed by atoms with Crippen LogP contribution in [0.25, 0.3) is 10.2 Å². The van der Waals surface area contributed by atoms with E-state index in [0.717, 1.165) is 22.4 Å². The second-order valence-electron chi connectivity index (χ2n) is 5.25. The molecule has 1 N–H and O–H groups in total. The molecule has 0 bridgehead atoms. The molecule has 0 radical (unpaired) electrons. The maximum atomic E-state index is 12.3. The summed E-state index contributed by atoms with van der Waals surface area (Å²) in [5.74, 6) is 0.793. The van der Waals surface area contributed by atoms with E-state index in [4.69, 9.17) is 4.74 Å². The van der Waals surface area contributed by atoms with Crippen molar-refractivity contribution in [2.75, 3.05) is 11.9 Å². The molecule has 0 aliphatic heterocycles. The first-order valence-electron chi connectivity index (χ1n) is 6.58. The van der Waals surface area contributed by atoms with Gasteiger partial charge in [-0.3, -0.25) is 4.79 Å². The number of rotatable bonds is 4. The van der Waals surface area contributed by atoms with Crippen LogP contribution in [0.4, 0.5) is 5.13 Å². The Hall–Kier alpha value is -0.660. The number of alkyl halides is 2. The van der Waals surface area contributed by atoms with Crippen molar-refractivity contribution >= 4 is 64.5 Å². The monoisotopic (exact) mass is 432 g/mol. The smallest absolute Gasteiger partial charge is 0.234 e. The van der Waals surface area contributed by atoms with Gasteiger partial charge in [0.25, 0.3) is 0 Å². The molecule has 1 fully saturated rings. The molecular formula is C14H14Br2N2O2S. The summed E-state index contributed by atoms with van der Waals surface area (Å²) in [5.41, 5.74) is 0.421. The summed E-state index contributed by atoms with van der Waals surface area (Å²) >= 11 is 8.47. The van der Waals surface area contributed by atoms with Gasteiger partial charge in [-0.05, 0) is 38.5 Å². The molecule has 1 aromatic carbocycles. The molecule has 1 aliphatic carbocycles. The highest BCUT2D eigenvalue weighted by Gasteiger charge is 2.66. The van der Waals surface area contributed by atoms with E-state index in [1.807, 2.05) is 32.0 Å². The van der Waals surface area contributed by atoms with E-state index in [1.165, 1.54) is 11.3 Å². The number of benzene rings is 1. The number of aromatic nitrogens is 1. The Morgan fingerprint density at radius 2 is 2.24 bits per heavy atom. The summed E-state index contributed by atoms with van der Waals surface area (Å²) in [7, 11) is 0. The molecule has 0 saturated heterocycles. The van der Waals surface area contributed by atoms with Crippen LogP contribution in [0.1, 0.15) is 20.3 Å². The van der Waals surface area contributed by atoms with Crippen LogP contribution >= 0.6 is 43.2 Å². The van der Waals surface area contributed by atoms with Crippen molar-refractivity contribution in [2.24, 2.45) is 5.41 Å². The summed E-state index contributed by atoms with van der Waals surface area (Å²) in [5, 5.41) is 3.53. The number of ether oxygens (including phenoxy) is 1. The lowest BCUT2D eigenvalue weighted by Crippen LogP contribution is -2.25. The highest BCUT2D eigenvalue weighted by atomic mass is 79.9. The summed E-state index contributed by atoms with van der Waals surface area (Å²) in [6.45, 7) is 4.50. The van der Waals surface area contributed by atoms with E-state index >= 15 is 0 Å². The molecule has 4 nitrogen and oxygen atoms in total. The standard InChI is InChI=1S/C14H14Br2N2O2S/c1-3-20-8-4-5-9-10(6-8)21-12(17-9)18-11(19)13(2)7-14(13,15)16/h4-6H,3,7H2,1-2H3,(H,17,18,19)/t13-/m1/s1. The van der Waals surface area contributed by atoms with Crippen molar-refractivity contribution in [3.63, 3.8) is 0 Å². The fourth-order valence-electron chi connectivity index (χ4n) is 2.10. The number of nitrogens with one attached hydrogen (secondary N) is 1. The molecule has 21 heavy (non-hydrogen) atoms. The fraction of sp³-hybridized carbons (Fsp3) is 0.429. The van der Waals surface area contributed by atoms with Crippen molar-refractivity contribution in [1.82, 2.24) is 4.98 Å². The van der Waals surface area contributed by atoms with Crippen molar-refractivity contribution in [1.29, 1.82) is 0 Å². The fourth-order valence-corrected chi connectivity index (χ4v) is 4.47. The van der Waals surface area contributed by atoms with Crippen molar-refractivity contribution in [3.8, 4) is 5.75 Å². The van der Waals surface area contributed by atoms with Crippen LogP contribution in [0.15, 0.2) is 18.2 Å². The quantitative estimate of drug-likeness (QED) is 0.720. The number of hydrogen-bond acceptors (Lipinski definition) is 4. The largest absolute Gasteiger partial charge is 0.494 e. The number of carbonyl (C=O) groups is 1. The first-order chi connectivity index (χ1) is 9.85. The van der Waals surface area contributed by atoms with Gasteiger partial charge in [-0.1, -0.05) is 43.2 Å². The Kier molecular flexibility index (Phi) is 3.78. The van der Waals surface area contributed by atoms with Gasteiger partial charge in [-0.25, -0.2) is 4.98 Å². The van der Waals surface area contributed by atoms with Gasteiger partial charge in [0, 0.05) is 0 Å². The van der Waals surface area contributed by atoms with Gasteiger partial charge in [-0.2, -0.15) is 0 Å². The Morgan fingerprint density at radius 3 is 2.86 bits per heavy atom. The van der Waals surface area contributed by atoms with E-state index in [0.29, 0.717) is 11.7 Å². The minimum Gasteiger partial charge on any atom is -0.494 e. The molecule has 1 amide bonds. The summed E-state index contributed by atoms with van der Waals surface area (Å²) in [6.07, 6.45) is 0.755. The van der Waals surface area contributed by atoms with Crippen molar-refractivity contribution < 1.29 is 9.53 Å². The third kappa shape index (κ3) is 2.71. The van der Waals surface area contributed by atoms with Crippen LogP contribution in [-0.4, -0.2) is 20.7 Å². The number of carbonyl (C=O) groups excluding carboxylic acids is 1. The lowest BCUT2D eigenvalue weighted by Gasteiger charge is -2.10. The topological polar surface area (TPSA) is 51.2 Å². The minimum atomic E-state index is -0.443. The van der Waals surface area contributed by atoms with Gasteiger partial charge < -0.3 is 10.1 Å². The number of amides is 1. The SMILES string of the molecule is CCOc1ccc2nc(NC(=O)[C@@]3(C)CC3(Br)Br)sc2c1. The maximum absolute atomic E-state index is 12.3. The average molecular weight is 434 g/mol. The molecule has 7 heteroatoms. The molecule has 3 rings (SSSR count). The maximum Gasteiger partial charge on any atom is 0.234 e. The van der Waals surface area contributed by atoms with Gasteiger partial charge >= 0.3 is 0 Å². The van der Waals surface area contributed by atoms with Gasteiger partial charge in [0.05, 0.1) is 25.5 Å². The lowest BCUT2D eigenvalue weighted by atomic mass is 10.1. The third-order valence-corrected chi connectivity index (χ3v) is 6.89. The van der Waals surface area contributed by atoms with E-state index in [1.54, 1.807) is 0 Å². The third-order valence-electron chi connectivity index (χ3n) is 3.65. The molecule has 2 aromatic rings. The van der Waals surface area contributed by atoms with E-state index in [2.05, 4.69) is 42.2 Å². The number of nitrogens with zero attached hydrogens (tertiary/aromatic N) is 1. The zero-order valence-corrected chi connectivity index (χ0v) is 15.6. The highest BCUT2D eigenvalue weighted by Crippen LogP contribution is 2.66. The van der Waals surface area contributed by atoms with Gasteiger partial charge in [0.1, 0.15) is 5.75 Å². The molecule has 0 spiro atoms. The van der Waals surface area contributed by atoms with Gasteiger partial charge in [-0.15, -0.1) is 0 Å². The Bertz CT molecular complexity index is 716. The summed E-state index contributed by atoms with van der Waals surface area (Å²) < 4.78 is 6.18. The van der Waals surface area contributed by atoms with Crippen LogP contribution < -0.4 is 10.1 Å². The van der Waals surface area contributed by atoms with E-state index in [9.17, 15) is 4.79 Å². The number of fused-ring (bicyclic) bond motifs is 1. The zero-order valence-electron chi connectivity index (χ0n) is 11.6. The van der Waals surface area contributed by atoms with E-state index in [-0.39, 0.29) is 9.14 Å². The Labute approximate surface area is 143 Å². The second-order valence-corrected chi connectivity index (χ2v) is 10.1. The predicted octanol–water partition coefficient (Wildman–Crippen LogP) is 4.53. The average Bonchev–Trinajstić information content (AvgIpc) is 2.77. The van der Waals surface area contributed by atoms with Gasteiger partial charge in [0.2, 0.25) is 5.91 Å². The molecule has 1 heterocycles. The Balaban J connectivity index is 1.80. The van der Waals surface area contributed by atoms with Crippen LogP contribution in [0.2, 0.25) is 0 Å². The second kappa shape index (κ2) is 5.21. The van der Waals surface area contributed by atoms with Crippen LogP contribution in [0.5, 0.6) is 5.75 Å². The molecule has 112 valence electrons. The molecule has 0 unspecified atom stereocenters. The van der Waals surface area contributed by atoms with Crippen molar-refractivity contribution in [2.45, 2.75) is 23.5 Å². The number of hydrogen-bond donors (Lipinski definition) is 1. The number of halogens is 2. The molecular weight excluding hydrogens is 420 g/mol. The van der Waals surface area contributed by atoms with Gasteiger partial charge in [0.15, 0.2) is 5.13 Å². The van der Waals surface area contributed by atoms with Crippen LogP contribution in [0.3, 0.4) is 0 Å². The van der Waals surface area contributed by atoms with E-state index < -0.39 is 5.41 Å². The van der Waals surface area contributed by atoms with Crippen LogP contribution in [0, 0.1) is 5.41 Å². The van der Waals surface area contributed by atoms with Crippen molar-refractivity contribution in [3.05, 3.63) is 18.2 Å². The first-order valence-corrected chi connectivity index (χ1v) is 8.99. The predicted molar refractivity (Wildman–Crippen MR) is 92.7 cm³/mol. The molecule has 1 saturated carbocycles. The molecule has 1 aromatic heterocycles. The molecule has 1 atom stereocenters. The summed E-state index contributed by atoms with van der Waals surface area (Å²) in [6, 6.07) is 5.75. The summed E-state index contributed by atoms with van der Waals surface area (Å²) in [4.78, 5) is 16.8. The minimum absolute atomic E-state index is 0.0275. The van der Waals surface area contributed by atoms with Crippen LogP contribution in [-0.2, 0) is 4.79 Å². The Morgan fingerprint density at radius 1 is 1.52 bits per heavy atom.